The molecule has 1 fully saturated rings. The fraction of sp³-hybridized carbons (Fsp3) is 0.194. The van der Waals surface area contributed by atoms with Gasteiger partial charge in [0.15, 0.2) is 5.76 Å². The fourth-order valence-corrected chi connectivity index (χ4v) is 5.19. The number of carbonyl (C=O) groups excluding carboxylic acids is 1. The molecule has 1 aliphatic carbocycles. The Morgan fingerprint density at radius 3 is 2.09 bits per heavy atom. The first-order chi connectivity index (χ1) is 21.2. The number of carbonyl (C=O) groups is 2. The molecule has 0 bridgehead atoms. The number of rotatable bonds is 8. The molecule has 44 heavy (non-hydrogen) atoms. The van der Waals surface area contributed by atoms with Crippen molar-refractivity contribution < 1.29 is 24.3 Å². The van der Waals surface area contributed by atoms with E-state index in [1.807, 2.05) is 55.5 Å². The third-order valence-corrected chi connectivity index (χ3v) is 7.48. The molecule has 224 valence electrons. The summed E-state index contributed by atoms with van der Waals surface area (Å²) in [6.07, 6.45) is 0.777. The molecule has 0 aliphatic heterocycles. The lowest BCUT2D eigenvalue weighted by atomic mass is 9.97. The van der Waals surface area contributed by atoms with Gasteiger partial charge in [0.2, 0.25) is 0 Å². The predicted molar refractivity (Wildman–Crippen MR) is 172 cm³/mol. The summed E-state index contributed by atoms with van der Waals surface area (Å²) in [4.78, 5) is 24.1. The van der Waals surface area contributed by atoms with E-state index in [1.165, 1.54) is 29.5 Å². The molecule has 0 atom stereocenters. The number of aryl methyl sites for hydroxylation is 1. The van der Waals surface area contributed by atoms with Crippen LogP contribution in [0.4, 0.5) is 10.5 Å². The second-order valence-corrected chi connectivity index (χ2v) is 11.2. The van der Waals surface area contributed by atoms with Crippen LogP contribution in [0.1, 0.15) is 45.9 Å². The highest BCUT2D eigenvalue weighted by atomic mass is 16.6. The Labute approximate surface area is 256 Å². The molecule has 5 aromatic rings. The van der Waals surface area contributed by atoms with Gasteiger partial charge in [-0.3, -0.25) is 4.79 Å². The van der Waals surface area contributed by atoms with Crippen molar-refractivity contribution in [3.63, 3.8) is 0 Å². The molecule has 1 saturated carbocycles. The van der Waals surface area contributed by atoms with Crippen LogP contribution in [0.15, 0.2) is 102 Å². The molecule has 4 aromatic carbocycles. The zero-order valence-corrected chi connectivity index (χ0v) is 24.9. The maximum absolute atomic E-state index is 13.4. The Morgan fingerprint density at radius 1 is 0.841 bits per heavy atom. The van der Waals surface area contributed by atoms with E-state index in [9.17, 15) is 4.79 Å². The van der Waals surface area contributed by atoms with Gasteiger partial charge < -0.3 is 25.0 Å². The van der Waals surface area contributed by atoms with Crippen LogP contribution in [0.25, 0.3) is 33.6 Å². The van der Waals surface area contributed by atoms with E-state index in [0.717, 1.165) is 34.7 Å². The number of carboxylic acid groups (broad SMARTS) is 2. The Morgan fingerprint density at radius 2 is 1.45 bits per heavy atom. The third kappa shape index (κ3) is 7.40. The summed E-state index contributed by atoms with van der Waals surface area (Å²) in [5, 5.41) is 21.2. The summed E-state index contributed by atoms with van der Waals surface area (Å²) in [7, 11) is 4.11. The van der Waals surface area contributed by atoms with Crippen molar-refractivity contribution in [2.45, 2.75) is 32.2 Å². The van der Waals surface area contributed by atoms with Crippen molar-refractivity contribution in [3.8, 4) is 33.6 Å². The van der Waals surface area contributed by atoms with Crippen molar-refractivity contribution in [1.82, 2.24) is 10.1 Å². The van der Waals surface area contributed by atoms with Crippen LogP contribution < -0.4 is 5.32 Å². The highest BCUT2D eigenvalue weighted by Crippen LogP contribution is 2.40. The van der Waals surface area contributed by atoms with Gasteiger partial charge in [-0.1, -0.05) is 90.1 Å². The molecule has 3 N–H and O–H groups in total. The number of anilines is 1. The van der Waals surface area contributed by atoms with Crippen molar-refractivity contribution in [2.24, 2.45) is 0 Å². The fourth-order valence-electron chi connectivity index (χ4n) is 5.19. The number of nitrogens with one attached hydrogen (secondary N) is 1. The van der Waals surface area contributed by atoms with Crippen LogP contribution in [0.3, 0.4) is 0 Å². The molecule has 0 saturated heterocycles. The van der Waals surface area contributed by atoms with Gasteiger partial charge in [0.05, 0.1) is 0 Å². The first-order valence-electron chi connectivity index (χ1n) is 14.4. The third-order valence-electron chi connectivity index (χ3n) is 7.48. The Bertz CT molecular complexity index is 1750. The first kappa shape index (κ1) is 30.3. The highest BCUT2D eigenvalue weighted by Gasteiger charge is 2.23. The molecular weight excluding hydrogens is 554 g/mol. The topological polar surface area (TPSA) is 116 Å². The zero-order valence-electron chi connectivity index (χ0n) is 24.9. The maximum atomic E-state index is 13.4. The summed E-state index contributed by atoms with van der Waals surface area (Å²) in [6, 6.07) is 33.1. The smallest absolute Gasteiger partial charge is 0.450 e. The van der Waals surface area contributed by atoms with Crippen LogP contribution in [0.5, 0.6) is 0 Å². The van der Waals surface area contributed by atoms with Crippen LogP contribution in [-0.2, 0) is 6.54 Å². The van der Waals surface area contributed by atoms with Gasteiger partial charge in [0.25, 0.3) is 5.91 Å². The molecule has 8 nitrogen and oxygen atoms in total. The number of hydrogen-bond donors (Lipinski definition) is 3. The monoisotopic (exact) mass is 589 g/mol. The SMILES string of the molecule is Cc1noc(-c2ccc(-c3ccc(C4CC4)cc3)cc2)c1NC(=O)c1cccc(-c2ccccc2CN(C)C)c1.O=C(O)O. The molecule has 0 unspecified atom stereocenters. The summed E-state index contributed by atoms with van der Waals surface area (Å²) in [5.74, 6) is 1.10. The maximum Gasteiger partial charge on any atom is 0.503 e. The van der Waals surface area contributed by atoms with Gasteiger partial charge in [-0.2, -0.15) is 0 Å². The molecule has 8 heteroatoms. The second-order valence-electron chi connectivity index (χ2n) is 11.2. The highest BCUT2D eigenvalue weighted by molar-refractivity contribution is 6.06. The van der Waals surface area contributed by atoms with Crippen LogP contribution in [-0.4, -0.2) is 46.4 Å². The summed E-state index contributed by atoms with van der Waals surface area (Å²) in [5.41, 5.74) is 9.76. The minimum atomic E-state index is -1.83. The second kappa shape index (κ2) is 13.4. The Kier molecular flexibility index (Phi) is 9.21. The number of nitrogens with zero attached hydrogens (tertiary/aromatic N) is 2. The van der Waals surface area contributed by atoms with E-state index in [-0.39, 0.29) is 5.91 Å². The molecular formula is C36H35N3O5. The number of benzene rings is 4. The van der Waals surface area contributed by atoms with E-state index in [0.29, 0.717) is 22.7 Å². The minimum absolute atomic E-state index is 0.202. The quantitative estimate of drug-likeness (QED) is 0.166. The molecule has 0 radical (unpaired) electrons. The average molecular weight is 590 g/mol. The van der Waals surface area contributed by atoms with Crippen molar-refractivity contribution in [1.29, 1.82) is 0 Å². The van der Waals surface area contributed by atoms with Crippen LogP contribution >= 0.6 is 0 Å². The summed E-state index contributed by atoms with van der Waals surface area (Å²) < 4.78 is 5.69. The Hall–Kier alpha value is -5.21. The molecule has 1 amide bonds. The van der Waals surface area contributed by atoms with Gasteiger partial charge in [-0.25, -0.2) is 4.79 Å². The molecule has 1 aliphatic rings. The Balaban J connectivity index is 0.000000906. The van der Waals surface area contributed by atoms with Crippen molar-refractivity contribution >= 4 is 17.7 Å². The largest absolute Gasteiger partial charge is 0.503 e. The van der Waals surface area contributed by atoms with Crippen LogP contribution in [0.2, 0.25) is 0 Å². The lowest BCUT2D eigenvalue weighted by molar-refractivity contribution is 0.102. The molecule has 6 rings (SSSR count). The van der Waals surface area contributed by atoms with Gasteiger partial charge in [-0.15, -0.1) is 0 Å². The van der Waals surface area contributed by atoms with Gasteiger partial charge in [0.1, 0.15) is 11.4 Å². The van der Waals surface area contributed by atoms with Crippen molar-refractivity contribution in [3.05, 3.63) is 119 Å². The van der Waals surface area contributed by atoms with Crippen LogP contribution in [0, 0.1) is 6.92 Å². The van der Waals surface area contributed by atoms with Gasteiger partial charge >= 0.3 is 6.16 Å². The summed E-state index contributed by atoms with van der Waals surface area (Å²) in [6.45, 7) is 2.66. The van der Waals surface area contributed by atoms with E-state index < -0.39 is 6.16 Å². The lowest BCUT2D eigenvalue weighted by Crippen LogP contribution is -2.13. The van der Waals surface area contributed by atoms with E-state index in [2.05, 4.69) is 78.0 Å². The van der Waals surface area contributed by atoms with E-state index in [1.54, 1.807) is 0 Å². The van der Waals surface area contributed by atoms with E-state index in [4.69, 9.17) is 19.5 Å². The number of aromatic nitrogens is 1. The molecule has 0 spiro atoms. The normalized spacial score (nSPS) is 12.4. The van der Waals surface area contributed by atoms with Gasteiger partial charge in [0, 0.05) is 17.7 Å². The standard InChI is InChI=1S/C35H33N3O2.CH2O3/c1-23-33(36-35(39)30-9-6-8-29(21-30)32-10-5-4-7-31(32)22-38(2)3)34(40-37-23)28-19-17-27(18-20-28)26-15-13-25(14-16-26)24-11-12-24;2-1(3)4/h4-10,13-21,24H,11-12,22H2,1-3H3,(H,36,39);(H2,2,3,4). The minimum Gasteiger partial charge on any atom is -0.450 e. The first-order valence-corrected chi connectivity index (χ1v) is 14.4. The number of amides is 1. The number of hydrogen-bond acceptors (Lipinski definition) is 5. The average Bonchev–Trinajstić information content (AvgIpc) is 3.80. The predicted octanol–water partition coefficient (Wildman–Crippen LogP) is 8.40. The van der Waals surface area contributed by atoms with E-state index >= 15 is 0 Å². The summed E-state index contributed by atoms with van der Waals surface area (Å²) >= 11 is 0. The zero-order chi connectivity index (χ0) is 31.2. The van der Waals surface area contributed by atoms with Crippen molar-refractivity contribution in [2.75, 3.05) is 19.4 Å². The molecule has 1 heterocycles. The molecule has 1 aromatic heterocycles. The lowest BCUT2D eigenvalue weighted by Gasteiger charge is -2.15. The van der Waals surface area contributed by atoms with Gasteiger partial charge in [-0.05, 0) is 85.3 Å².